The minimum atomic E-state index is 0.0394. The maximum Gasteiger partial charge on any atom is 0.226 e. The van der Waals surface area contributed by atoms with Crippen LogP contribution in [-0.2, 0) is 11.2 Å². The van der Waals surface area contributed by atoms with Crippen molar-refractivity contribution in [3.63, 3.8) is 0 Å². The molecular formula is C18H20ClN5O2. The maximum absolute atomic E-state index is 6.07. The molecule has 1 atom stereocenters. The first-order chi connectivity index (χ1) is 12.7. The Morgan fingerprint density at radius 3 is 3.12 bits per heavy atom. The zero-order valence-corrected chi connectivity index (χ0v) is 15.1. The molecule has 0 unspecified atom stereocenters. The van der Waals surface area contributed by atoms with Gasteiger partial charge in [0.15, 0.2) is 11.6 Å². The predicted molar refractivity (Wildman–Crippen MR) is 102 cm³/mol. The van der Waals surface area contributed by atoms with Gasteiger partial charge in [0.05, 0.1) is 12.6 Å². The van der Waals surface area contributed by atoms with Gasteiger partial charge < -0.3 is 25.1 Å². The van der Waals surface area contributed by atoms with Crippen molar-refractivity contribution in [3.05, 3.63) is 41.3 Å². The van der Waals surface area contributed by atoms with Crippen LogP contribution in [0.25, 0.3) is 10.9 Å². The summed E-state index contributed by atoms with van der Waals surface area (Å²) in [7, 11) is 1.65. The van der Waals surface area contributed by atoms with Crippen molar-refractivity contribution in [3.8, 4) is 5.75 Å². The molecule has 0 fully saturated rings. The molecule has 1 aliphatic heterocycles. The summed E-state index contributed by atoms with van der Waals surface area (Å²) in [5.41, 5.74) is 2.39. The summed E-state index contributed by atoms with van der Waals surface area (Å²) < 4.78 is 11.0. The molecule has 0 spiro atoms. The van der Waals surface area contributed by atoms with Crippen molar-refractivity contribution >= 4 is 34.1 Å². The fourth-order valence-corrected chi connectivity index (χ4v) is 3.31. The van der Waals surface area contributed by atoms with Gasteiger partial charge in [-0.25, -0.2) is 0 Å². The Kier molecular flexibility index (Phi) is 4.81. The van der Waals surface area contributed by atoms with Crippen molar-refractivity contribution in [2.45, 2.75) is 12.5 Å². The Labute approximate surface area is 156 Å². The minimum absolute atomic E-state index is 0.0394. The van der Waals surface area contributed by atoms with Crippen molar-refractivity contribution in [1.82, 2.24) is 15.0 Å². The van der Waals surface area contributed by atoms with E-state index in [2.05, 4.69) is 37.7 Å². The second-order valence-corrected chi connectivity index (χ2v) is 6.50. The molecule has 0 radical (unpaired) electrons. The largest absolute Gasteiger partial charge is 0.484 e. The Bertz CT molecular complexity index is 914. The first kappa shape index (κ1) is 16.9. The molecule has 4 rings (SSSR count). The third-order valence-corrected chi connectivity index (χ3v) is 4.51. The number of anilines is 2. The lowest BCUT2D eigenvalue weighted by atomic mass is 10.1. The quantitative estimate of drug-likeness (QED) is 0.576. The number of aromatic amines is 1. The maximum atomic E-state index is 6.07. The lowest BCUT2D eigenvalue weighted by Gasteiger charge is -2.27. The van der Waals surface area contributed by atoms with E-state index in [1.807, 2.05) is 18.3 Å². The first-order valence-corrected chi connectivity index (χ1v) is 8.87. The number of benzene rings is 1. The van der Waals surface area contributed by atoms with E-state index < -0.39 is 0 Å². The lowest BCUT2D eigenvalue weighted by molar-refractivity contribution is 0.154. The molecule has 7 nitrogen and oxygen atoms in total. The molecule has 0 saturated heterocycles. The van der Waals surface area contributed by atoms with Crippen molar-refractivity contribution in [1.29, 1.82) is 0 Å². The van der Waals surface area contributed by atoms with Gasteiger partial charge in [-0.1, -0.05) is 18.2 Å². The highest BCUT2D eigenvalue weighted by Crippen LogP contribution is 2.34. The Morgan fingerprint density at radius 1 is 1.35 bits per heavy atom. The number of halogens is 1. The molecule has 8 heteroatoms. The molecule has 26 heavy (non-hydrogen) atoms. The molecule has 136 valence electrons. The summed E-state index contributed by atoms with van der Waals surface area (Å²) in [5, 5.41) is 8.00. The number of hydrogen-bond donors (Lipinski definition) is 3. The monoisotopic (exact) mass is 373 g/mol. The third kappa shape index (κ3) is 3.40. The molecule has 0 amide bonds. The molecule has 3 aromatic rings. The van der Waals surface area contributed by atoms with Gasteiger partial charge in [0.2, 0.25) is 11.0 Å². The molecule has 0 saturated carbocycles. The summed E-state index contributed by atoms with van der Waals surface area (Å²) in [6, 6.07) is 8.30. The van der Waals surface area contributed by atoms with Gasteiger partial charge in [-0.05, 0) is 29.7 Å². The normalized spacial score (nSPS) is 16.0. The average Bonchev–Trinajstić information content (AvgIpc) is 3.05. The number of nitrogens with one attached hydrogen (secondary N) is 3. The average molecular weight is 374 g/mol. The fraction of sp³-hybridized carbons (Fsp3) is 0.333. The summed E-state index contributed by atoms with van der Waals surface area (Å²) in [4.78, 5) is 11.8. The third-order valence-electron chi connectivity index (χ3n) is 4.34. The van der Waals surface area contributed by atoms with Gasteiger partial charge in [-0.3, -0.25) is 0 Å². The van der Waals surface area contributed by atoms with Crippen LogP contribution in [0.15, 0.2) is 30.5 Å². The van der Waals surface area contributed by atoms with Crippen molar-refractivity contribution in [2.75, 3.05) is 37.5 Å². The summed E-state index contributed by atoms with van der Waals surface area (Å²) in [5.74, 6) is 1.79. The van der Waals surface area contributed by atoms with E-state index in [0.29, 0.717) is 37.1 Å². The Morgan fingerprint density at radius 2 is 2.23 bits per heavy atom. The van der Waals surface area contributed by atoms with E-state index in [1.54, 1.807) is 7.11 Å². The van der Waals surface area contributed by atoms with E-state index >= 15 is 0 Å². The zero-order valence-electron chi connectivity index (χ0n) is 14.4. The zero-order chi connectivity index (χ0) is 17.9. The van der Waals surface area contributed by atoms with Crippen LogP contribution in [0.2, 0.25) is 5.28 Å². The van der Waals surface area contributed by atoms with Gasteiger partial charge in [0, 0.05) is 30.8 Å². The standard InChI is InChI=1S/C18H20ClN5O2/c1-25-9-12-10-26-15-16(23-18(19)24-17(15)22-12)20-7-6-11-8-21-14-5-3-2-4-13(11)14/h2-5,8,12,21H,6-7,9-10H2,1H3,(H2,20,22,23,24)/t12-/m1/s1. The molecule has 0 bridgehead atoms. The number of H-pyrrole nitrogens is 1. The molecule has 0 aliphatic carbocycles. The highest BCUT2D eigenvalue weighted by atomic mass is 35.5. The SMILES string of the molecule is COC[C@@H]1COc2c(NCCc3c[nH]c4ccccc34)nc(Cl)nc2N1. The number of nitrogens with zero attached hydrogens (tertiary/aromatic N) is 2. The van der Waals surface area contributed by atoms with Gasteiger partial charge in [-0.2, -0.15) is 9.97 Å². The number of aromatic nitrogens is 3. The van der Waals surface area contributed by atoms with Crippen LogP contribution in [0.5, 0.6) is 5.75 Å². The number of rotatable bonds is 6. The predicted octanol–water partition coefficient (Wildman–Crippen LogP) is 3.09. The number of hydrogen-bond acceptors (Lipinski definition) is 6. The van der Waals surface area contributed by atoms with E-state index in [-0.39, 0.29) is 11.3 Å². The smallest absolute Gasteiger partial charge is 0.226 e. The van der Waals surface area contributed by atoms with Crippen LogP contribution >= 0.6 is 11.6 Å². The summed E-state index contributed by atoms with van der Waals surface area (Å²) in [6.07, 6.45) is 2.89. The van der Waals surface area contributed by atoms with Gasteiger partial charge in [-0.15, -0.1) is 0 Å². The number of ether oxygens (including phenoxy) is 2. The highest BCUT2D eigenvalue weighted by Gasteiger charge is 2.24. The number of para-hydroxylation sites is 1. The lowest BCUT2D eigenvalue weighted by Crippen LogP contribution is -2.36. The highest BCUT2D eigenvalue weighted by molar-refractivity contribution is 6.28. The van der Waals surface area contributed by atoms with Crippen LogP contribution in [0, 0.1) is 0 Å². The van der Waals surface area contributed by atoms with Crippen LogP contribution in [-0.4, -0.2) is 47.9 Å². The van der Waals surface area contributed by atoms with Crippen LogP contribution < -0.4 is 15.4 Å². The number of fused-ring (bicyclic) bond motifs is 2. The second-order valence-electron chi connectivity index (χ2n) is 6.16. The van der Waals surface area contributed by atoms with Gasteiger partial charge in [0.1, 0.15) is 6.61 Å². The Hall–Kier alpha value is -2.51. The molecule has 3 heterocycles. The molecule has 1 aromatic carbocycles. The van der Waals surface area contributed by atoms with Crippen molar-refractivity contribution < 1.29 is 9.47 Å². The fourth-order valence-electron chi connectivity index (χ4n) is 3.14. The van der Waals surface area contributed by atoms with Gasteiger partial charge in [0.25, 0.3) is 0 Å². The van der Waals surface area contributed by atoms with E-state index in [0.717, 1.165) is 11.9 Å². The van der Waals surface area contributed by atoms with Crippen molar-refractivity contribution in [2.24, 2.45) is 0 Å². The van der Waals surface area contributed by atoms with E-state index in [1.165, 1.54) is 10.9 Å². The molecule has 1 aliphatic rings. The molecule has 3 N–H and O–H groups in total. The second kappa shape index (κ2) is 7.39. The van der Waals surface area contributed by atoms with Crippen LogP contribution in [0.4, 0.5) is 11.6 Å². The number of methoxy groups -OCH3 is 1. The van der Waals surface area contributed by atoms with Crippen LogP contribution in [0.1, 0.15) is 5.56 Å². The van der Waals surface area contributed by atoms with Gasteiger partial charge >= 0.3 is 0 Å². The molecule has 2 aromatic heterocycles. The minimum Gasteiger partial charge on any atom is -0.484 e. The Balaban J connectivity index is 1.47. The topological polar surface area (TPSA) is 84.1 Å². The van der Waals surface area contributed by atoms with E-state index in [9.17, 15) is 0 Å². The first-order valence-electron chi connectivity index (χ1n) is 8.49. The van der Waals surface area contributed by atoms with E-state index in [4.69, 9.17) is 21.1 Å². The molecular weight excluding hydrogens is 354 g/mol. The van der Waals surface area contributed by atoms with Crippen LogP contribution in [0.3, 0.4) is 0 Å². The summed E-state index contributed by atoms with van der Waals surface area (Å²) >= 11 is 6.07. The summed E-state index contributed by atoms with van der Waals surface area (Å²) in [6.45, 7) is 1.72.